The first kappa shape index (κ1) is 21.2. The molecule has 3 aromatic rings. The van der Waals surface area contributed by atoms with E-state index in [1.165, 1.54) is 0 Å². The first-order valence-corrected chi connectivity index (χ1v) is 10.6. The summed E-state index contributed by atoms with van der Waals surface area (Å²) in [4.78, 5) is 36.6. The zero-order chi connectivity index (χ0) is 21.8. The van der Waals surface area contributed by atoms with E-state index in [1.807, 2.05) is 29.2 Å². The molecule has 4 rings (SSSR count). The molecule has 1 fully saturated rings. The number of piperazine rings is 1. The van der Waals surface area contributed by atoms with Crippen molar-refractivity contribution < 1.29 is 14.7 Å². The highest BCUT2D eigenvalue weighted by atomic mass is 35.5. The van der Waals surface area contributed by atoms with E-state index >= 15 is 0 Å². The number of aliphatic carboxylic acids is 1. The van der Waals surface area contributed by atoms with E-state index in [-0.39, 0.29) is 12.3 Å². The minimum absolute atomic E-state index is 0.0308. The average molecular weight is 439 g/mol. The van der Waals surface area contributed by atoms with Crippen molar-refractivity contribution in [1.82, 2.24) is 19.8 Å². The summed E-state index contributed by atoms with van der Waals surface area (Å²) in [6, 6.07) is 11.0. The number of rotatable bonds is 6. The summed E-state index contributed by atoms with van der Waals surface area (Å²) >= 11 is 6.47. The quantitative estimate of drug-likeness (QED) is 0.633. The van der Waals surface area contributed by atoms with Crippen molar-refractivity contribution in [2.24, 2.45) is 0 Å². The fourth-order valence-electron chi connectivity index (χ4n) is 3.79. The Hall–Kier alpha value is -3.03. The number of hydrogen-bond donors (Lipinski definition) is 1. The van der Waals surface area contributed by atoms with Crippen LogP contribution < -0.4 is 0 Å². The molecule has 1 amide bonds. The average Bonchev–Trinajstić information content (AvgIpc) is 2.79. The molecule has 1 saturated heterocycles. The standard InChI is InChI=1S/C23H23ClN4O3/c24-19-14-20(17-3-1-7-25-15-17)26-21-13-16(5-6-18(19)21)23(31)28-11-9-27(10-12-28)8-2-4-22(29)30/h1,3,5-7,13-15H,2,4,8-12H2,(H,29,30). The smallest absolute Gasteiger partial charge is 0.303 e. The van der Waals surface area contributed by atoms with Crippen LogP contribution >= 0.6 is 11.6 Å². The van der Waals surface area contributed by atoms with Gasteiger partial charge in [-0.1, -0.05) is 17.7 Å². The Balaban J connectivity index is 1.48. The lowest BCUT2D eigenvalue weighted by Gasteiger charge is -2.34. The summed E-state index contributed by atoms with van der Waals surface area (Å²) in [6.45, 7) is 3.47. The summed E-state index contributed by atoms with van der Waals surface area (Å²) in [5, 5.41) is 10.2. The highest BCUT2D eigenvalue weighted by Crippen LogP contribution is 2.28. The Bertz CT molecular complexity index is 1100. The van der Waals surface area contributed by atoms with Gasteiger partial charge in [0.25, 0.3) is 5.91 Å². The lowest BCUT2D eigenvalue weighted by atomic mass is 10.1. The number of carbonyl (C=O) groups excluding carboxylic acids is 1. The molecule has 7 nitrogen and oxygen atoms in total. The molecule has 31 heavy (non-hydrogen) atoms. The van der Waals surface area contributed by atoms with Gasteiger partial charge in [0.2, 0.25) is 0 Å². The van der Waals surface area contributed by atoms with Gasteiger partial charge in [-0.25, -0.2) is 4.98 Å². The Morgan fingerprint density at radius 2 is 1.90 bits per heavy atom. The number of halogens is 1. The van der Waals surface area contributed by atoms with Gasteiger partial charge in [-0.3, -0.25) is 19.5 Å². The number of carboxylic acids is 1. The van der Waals surface area contributed by atoms with Gasteiger partial charge in [-0.05, 0) is 43.3 Å². The molecule has 1 N–H and O–H groups in total. The molecule has 0 aliphatic carbocycles. The van der Waals surface area contributed by atoms with Gasteiger partial charge in [-0.2, -0.15) is 0 Å². The molecule has 0 bridgehead atoms. The molecule has 0 atom stereocenters. The van der Waals surface area contributed by atoms with Crippen molar-refractivity contribution in [2.75, 3.05) is 32.7 Å². The number of nitrogens with zero attached hydrogens (tertiary/aromatic N) is 4. The predicted octanol–water partition coefficient (Wildman–Crippen LogP) is 3.57. The number of hydrogen-bond acceptors (Lipinski definition) is 5. The van der Waals surface area contributed by atoms with E-state index in [1.54, 1.807) is 24.5 Å². The summed E-state index contributed by atoms with van der Waals surface area (Å²) < 4.78 is 0. The maximum Gasteiger partial charge on any atom is 0.303 e. The van der Waals surface area contributed by atoms with Gasteiger partial charge in [0.1, 0.15) is 0 Å². The lowest BCUT2D eigenvalue weighted by molar-refractivity contribution is -0.137. The minimum atomic E-state index is -0.773. The molecule has 3 heterocycles. The Morgan fingerprint density at radius 3 is 2.61 bits per heavy atom. The largest absolute Gasteiger partial charge is 0.481 e. The van der Waals surface area contributed by atoms with E-state index in [4.69, 9.17) is 21.7 Å². The van der Waals surface area contributed by atoms with Crippen molar-refractivity contribution in [2.45, 2.75) is 12.8 Å². The maximum atomic E-state index is 13.1. The molecule has 2 aromatic heterocycles. The molecular weight excluding hydrogens is 416 g/mol. The topological polar surface area (TPSA) is 86.6 Å². The second-order valence-corrected chi connectivity index (χ2v) is 8.00. The van der Waals surface area contributed by atoms with Crippen molar-refractivity contribution in [3.8, 4) is 11.3 Å². The molecule has 0 radical (unpaired) electrons. The van der Waals surface area contributed by atoms with Gasteiger partial charge >= 0.3 is 5.97 Å². The molecule has 0 spiro atoms. The molecule has 0 saturated carbocycles. The molecule has 1 aliphatic rings. The van der Waals surface area contributed by atoms with E-state index in [2.05, 4.69) is 9.88 Å². The van der Waals surface area contributed by atoms with Gasteiger partial charge in [0.05, 0.1) is 16.2 Å². The molecule has 1 aromatic carbocycles. The van der Waals surface area contributed by atoms with Crippen LogP contribution in [-0.4, -0.2) is 69.5 Å². The highest BCUT2D eigenvalue weighted by Gasteiger charge is 2.22. The van der Waals surface area contributed by atoms with E-state index in [0.717, 1.165) is 30.6 Å². The fraction of sp³-hybridized carbons (Fsp3) is 0.304. The van der Waals surface area contributed by atoms with Crippen LogP contribution in [0.4, 0.5) is 0 Å². The van der Waals surface area contributed by atoms with E-state index in [0.29, 0.717) is 41.3 Å². The van der Waals surface area contributed by atoms with Gasteiger partial charge in [0, 0.05) is 61.5 Å². The number of aromatic nitrogens is 2. The van der Waals surface area contributed by atoms with Crippen LogP contribution in [0.5, 0.6) is 0 Å². The molecule has 8 heteroatoms. The number of benzene rings is 1. The van der Waals surface area contributed by atoms with Crippen LogP contribution in [0.25, 0.3) is 22.2 Å². The monoisotopic (exact) mass is 438 g/mol. The molecule has 1 aliphatic heterocycles. The molecular formula is C23H23ClN4O3. The summed E-state index contributed by atoms with van der Waals surface area (Å²) in [5.74, 6) is -0.803. The molecule has 160 valence electrons. The predicted molar refractivity (Wildman–Crippen MR) is 119 cm³/mol. The zero-order valence-electron chi connectivity index (χ0n) is 17.0. The first-order chi connectivity index (χ1) is 15.0. The second-order valence-electron chi connectivity index (χ2n) is 7.59. The molecule has 0 unspecified atom stereocenters. The number of carbonyl (C=O) groups is 2. The van der Waals surface area contributed by atoms with Gasteiger partial charge < -0.3 is 10.0 Å². The third-order valence-corrected chi connectivity index (χ3v) is 5.80. The first-order valence-electron chi connectivity index (χ1n) is 10.3. The fourth-order valence-corrected chi connectivity index (χ4v) is 4.06. The van der Waals surface area contributed by atoms with Crippen LogP contribution in [0.3, 0.4) is 0 Å². The third-order valence-electron chi connectivity index (χ3n) is 5.49. The number of pyridine rings is 2. The van der Waals surface area contributed by atoms with Crippen LogP contribution in [0.2, 0.25) is 5.02 Å². The van der Waals surface area contributed by atoms with Crippen molar-refractivity contribution in [3.05, 3.63) is 59.4 Å². The third kappa shape index (κ3) is 5.00. The minimum Gasteiger partial charge on any atom is -0.481 e. The SMILES string of the molecule is O=C(O)CCCN1CCN(C(=O)c2ccc3c(Cl)cc(-c4cccnc4)nc3c2)CC1. The van der Waals surface area contributed by atoms with Crippen LogP contribution in [0, 0.1) is 0 Å². The van der Waals surface area contributed by atoms with Gasteiger partial charge in [-0.15, -0.1) is 0 Å². The van der Waals surface area contributed by atoms with Crippen LogP contribution in [0.1, 0.15) is 23.2 Å². The Kier molecular flexibility index (Phi) is 6.44. The lowest BCUT2D eigenvalue weighted by Crippen LogP contribution is -2.48. The number of fused-ring (bicyclic) bond motifs is 1. The number of carboxylic acid groups (broad SMARTS) is 1. The normalized spacial score (nSPS) is 14.7. The van der Waals surface area contributed by atoms with Crippen molar-refractivity contribution in [3.63, 3.8) is 0 Å². The summed E-state index contributed by atoms with van der Waals surface area (Å²) in [6.07, 6.45) is 4.23. The maximum absolute atomic E-state index is 13.1. The van der Waals surface area contributed by atoms with E-state index < -0.39 is 5.97 Å². The van der Waals surface area contributed by atoms with Crippen LogP contribution in [0.15, 0.2) is 48.8 Å². The van der Waals surface area contributed by atoms with Crippen molar-refractivity contribution in [1.29, 1.82) is 0 Å². The highest BCUT2D eigenvalue weighted by molar-refractivity contribution is 6.35. The van der Waals surface area contributed by atoms with E-state index in [9.17, 15) is 9.59 Å². The summed E-state index contributed by atoms with van der Waals surface area (Å²) in [7, 11) is 0. The summed E-state index contributed by atoms with van der Waals surface area (Å²) in [5.41, 5.74) is 2.83. The Morgan fingerprint density at radius 1 is 1.10 bits per heavy atom. The Labute approximate surface area is 185 Å². The number of amides is 1. The zero-order valence-corrected chi connectivity index (χ0v) is 17.8. The second kappa shape index (κ2) is 9.41. The van der Waals surface area contributed by atoms with Crippen LogP contribution in [-0.2, 0) is 4.79 Å². The van der Waals surface area contributed by atoms with Gasteiger partial charge in [0.15, 0.2) is 0 Å². The van der Waals surface area contributed by atoms with Crippen molar-refractivity contribution >= 4 is 34.4 Å².